The molecule has 3 aromatic rings. The minimum atomic E-state index is -0.301. The first-order valence-electron chi connectivity index (χ1n) is 9.29. The van der Waals surface area contributed by atoms with Gasteiger partial charge in [-0.1, -0.05) is 53.6 Å². The van der Waals surface area contributed by atoms with Crippen LogP contribution in [-0.2, 0) is 4.79 Å². The van der Waals surface area contributed by atoms with Gasteiger partial charge in [-0.15, -0.1) is 0 Å². The molecule has 30 heavy (non-hydrogen) atoms. The van der Waals surface area contributed by atoms with Crippen LogP contribution in [0.4, 0.5) is 11.4 Å². The monoisotopic (exact) mass is 420 g/mol. The van der Waals surface area contributed by atoms with Gasteiger partial charge in [0.25, 0.3) is 11.8 Å². The normalized spacial score (nSPS) is 10.6. The molecule has 0 aliphatic heterocycles. The molecule has 0 saturated carbocycles. The summed E-state index contributed by atoms with van der Waals surface area (Å²) < 4.78 is 0. The van der Waals surface area contributed by atoms with E-state index in [0.29, 0.717) is 16.3 Å². The van der Waals surface area contributed by atoms with Gasteiger partial charge in [0.15, 0.2) is 0 Å². The molecule has 0 aliphatic rings. The van der Waals surface area contributed by atoms with Crippen molar-refractivity contribution in [3.05, 3.63) is 94.5 Å². The first-order valence-corrected chi connectivity index (χ1v) is 9.67. The Bertz CT molecular complexity index is 1060. The lowest BCUT2D eigenvalue weighted by Crippen LogP contribution is -2.25. The van der Waals surface area contributed by atoms with Crippen LogP contribution in [0.25, 0.3) is 0 Å². The van der Waals surface area contributed by atoms with E-state index in [2.05, 4.69) is 21.2 Å². The van der Waals surface area contributed by atoms with E-state index in [9.17, 15) is 9.59 Å². The minimum absolute atomic E-state index is 0.105. The summed E-state index contributed by atoms with van der Waals surface area (Å²) in [5, 5.41) is 10.2. The lowest BCUT2D eigenvalue weighted by Gasteiger charge is -2.07. The first-order chi connectivity index (χ1) is 14.5. The number of nitrogens with one attached hydrogen (secondary N) is 3. The van der Waals surface area contributed by atoms with Gasteiger partial charge in [0, 0.05) is 11.4 Å². The summed E-state index contributed by atoms with van der Waals surface area (Å²) in [5.41, 5.74) is 6.19. The van der Waals surface area contributed by atoms with E-state index in [1.165, 1.54) is 6.21 Å². The number of nitrogens with zero attached hydrogens (tertiary/aromatic N) is 1. The van der Waals surface area contributed by atoms with Crippen LogP contribution < -0.4 is 16.1 Å². The van der Waals surface area contributed by atoms with Crippen molar-refractivity contribution in [2.45, 2.75) is 6.92 Å². The fraction of sp³-hybridized carbons (Fsp3) is 0.0870. The zero-order valence-electron chi connectivity index (χ0n) is 16.4. The van der Waals surface area contributed by atoms with Crippen LogP contribution in [0.3, 0.4) is 0 Å². The highest BCUT2D eigenvalue weighted by molar-refractivity contribution is 6.34. The smallest absolute Gasteiger partial charge is 0.259 e. The fourth-order valence-electron chi connectivity index (χ4n) is 2.61. The molecule has 0 atom stereocenters. The molecule has 0 saturated heterocycles. The molecule has 6 nitrogen and oxygen atoms in total. The Hall–Kier alpha value is -3.64. The van der Waals surface area contributed by atoms with Crippen molar-refractivity contribution >= 4 is 41.0 Å². The van der Waals surface area contributed by atoms with Gasteiger partial charge in [-0.25, -0.2) is 5.43 Å². The molecule has 0 radical (unpaired) electrons. The maximum Gasteiger partial charge on any atom is 0.259 e. The van der Waals surface area contributed by atoms with Gasteiger partial charge in [0.05, 0.1) is 23.3 Å². The molecule has 0 bridgehead atoms. The highest BCUT2D eigenvalue weighted by atomic mass is 35.5. The average molecular weight is 421 g/mol. The Kier molecular flexibility index (Phi) is 7.19. The topological polar surface area (TPSA) is 82.6 Å². The third kappa shape index (κ3) is 6.18. The third-order valence-corrected chi connectivity index (χ3v) is 4.50. The predicted molar refractivity (Wildman–Crippen MR) is 121 cm³/mol. The quantitative estimate of drug-likeness (QED) is 0.389. The van der Waals surface area contributed by atoms with Gasteiger partial charge in [-0.2, -0.15) is 5.10 Å². The number of carbonyl (C=O) groups is 2. The third-order valence-electron chi connectivity index (χ3n) is 4.17. The number of aryl methyl sites for hydroxylation is 1. The molecule has 2 amide bonds. The van der Waals surface area contributed by atoms with Crippen molar-refractivity contribution in [2.24, 2.45) is 5.10 Å². The molecule has 0 spiro atoms. The Morgan fingerprint density at radius 1 is 0.967 bits per heavy atom. The summed E-state index contributed by atoms with van der Waals surface area (Å²) in [6, 6.07) is 21.7. The van der Waals surface area contributed by atoms with Crippen molar-refractivity contribution in [1.29, 1.82) is 0 Å². The Morgan fingerprint density at radius 2 is 1.73 bits per heavy atom. The molecule has 0 unspecified atom stereocenters. The SMILES string of the molecule is Cc1ccc(NCC(=O)N/N=C\c2cccc(NC(=O)c3ccccc3Cl)c2)cc1. The Morgan fingerprint density at radius 3 is 2.50 bits per heavy atom. The zero-order chi connectivity index (χ0) is 21.3. The number of hydrogen-bond acceptors (Lipinski definition) is 4. The first kappa shape index (κ1) is 21.1. The number of rotatable bonds is 7. The minimum Gasteiger partial charge on any atom is -0.376 e. The van der Waals surface area contributed by atoms with Crippen molar-refractivity contribution in [1.82, 2.24) is 5.43 Å². The van der Waals surface area contributed by atoms with Crippen molar-refractivity contribution < 1.29 is 9.59 Å². The largest absolute Gasteiger partial charge is 0.376 e. The summed E-state index contributed by atoms with van der Waals surface area (Å²) in [6.07, 6.45) is 1.51. The van der Waals surface area contributed by atoms with E-state index in [-0.39, 0.29) is 18.4 Å². The van der Waals surface area contributed by atoms with Crippen LogP contribution in [0.5, 0.6) is 0 Å². The maximum atomic E-state index is 12.4. The number of benzene rings is 3. The second kappa shape index (κ2) is 10.2. The molecular formula is C23H21ClN4O2. The van der Waals surface area contributed by atoms with E-state index in [1.54, 1.807) is 42.5 Å². The molecule has 3 rings (SSSR count). The van der Waals surface area contributed by atoms with Crippen molar-refractivity contribution in [2.75, 3.05) is 17.2 Å². The number of hydrazone groups is 1. The van der Waals surface area contributed by atoms with Gasteiger partial charge in [-0.05, 0) is 48.9 Å². The lowest BCUT2D eigenvalue weighted by molar-refractivity contribution is -0.119. The number of anilines is 2. The van der Waals surface area contributed by atoms with Crippen LogP contribution in [0, 0.1) is 6.92 Å². The lowest BCUT2D eigenvalue weighted by atomic mass is 10.2. The molecule has 0 heterocycles. The summed E-state index contributed by atoms with van der Waals surface area (Å²) in [4.78, 5) is 24.3. The van der Waals surface area contributed by atoms with Crippen LogP contribution in [0.15, 0.2) is 77.9 Å². The number of halogens is 1. The molecule has 3 N–H and O–H groups in total. The fourth-order valence-corrected chi connectivity index (χ4v) is 2.83. The van der Waals surface area contributed by atoms with Crippen LogP contribution in [-0.4, -0.2) is 24.6 Å². The summed E-state index contributed by atoms with van der Waals surface area (Å²) in [6.45, 7) is 2.11. The standard InChI is InChI=1S/C23H21ClN4O2/c1-16-9-11-18(12-10-16)25-15-22(29)28-26-14-17-5-4-6-19(13-17)27-23(30)20-7-2-3-8-21(20)24/h2-14,25H,15H2,1H3,(H,27,30)(H,28,29)/b26-14-. The van der Waals surface area contributed by atoms with E-state index in [4.69, 9.17) is 11.6 Å². The van der Waals surface area contributed by atoms with Gasteiger partial charge in [-0.3, -0.25) is 9.59 Å². The average Bonchev–Trinajstić information content (AvgIpc) is 2.74. The van der Waals surface area contributed by atoms with Crippen molar-refractivity contribution in [3.63, 3.8) is 0 Å². The Balaban J connectivity index is 1.52. The molecule has 152 valence electrons. The van der Waals surface area contributed by atoms with Crippen LogP contribution >= 0.6 is 11.6 Å². The van der Waals surface area contributed by atoms with Gasteiger partial charge in [0.1, 0.15) is 0 Å². The van der Waals surface area contributed by atoms with E-state index >= 15 is 0 Å². The second-order valence-corrected chi connectivity index (χ2v) is 6.98. The molecule has 7 heteroatoms. The van der Waals surface area contributed by atoms with Gasteiger partial charge < -0.3 is 10.6 Å². The summed E-state index contributed by atoms with van der Waals surface area (Å²) >= 11 is 6.06. The van der Waals surface area contributed by atoms with Crippen LogP contribution in [0.1, 0.15) is 21.5 Å². The van der Waals surface area contributed by atoms with Gasteiger partial charge >= 0.3 is 0 Å². The van der Waals surface area contributed by atoms with Gasteiger partial charge in [0.2, 0.25) is 0 Å². The van der Waals surface area contributed by atoms with Crippen LogP contribution in [0.2, 0.25) is 5.02 Å². The molecule has 0 aromatic heterocycles. The summed E-state index contributed by atoms with van der Waals surface area (Å²) in [7, 11) is 0. The van der Waals surface area contributed by atoms with Crippen molar-refractivity contribution in [3.8, 4) is 0 Å². The molecule has 0 aliphatic carbocycles. The Labute approximate surface area is 180 Å². The zero-order valence-corrected chi connectivity index (χ0v) is 17.1. The predicted octanol–water partition coefficient (Wildman–Crippen LogP) is 4.46. The highest BCUT2D eigenvalue weighted by Crippen LogP contribution is 2.17. The van der Waals surface area contributed by atoms with E-state index in [0.717, 1.165) is 16.8 Å². The second-order valence-electron chi connectivity index (χ2n) is 6.57. The molecule has 3 aromatic carbocycles. The number of hydrogen-bond donors (Lipinski definition) is 3. The molecule has 0 fully saturated rings. The van der Waals surface area contributed by atoms with E-state index < -0.39 is 0 Å². The summed E-state index contributed by atoms with van der Waals surface area (Å²) in [5.74, 6) is -0.569. The van der Waals surface area contributed by atoms with E-state index in [1.807, 2.05) is 37.3 Å². The number of carbonyl (C=O) groups excluding carboxylic acids is 2. The number of amides is 2. The highest BCUT2D eigenvalue weighted by Gasteiger charge is 2.09. The molecular weight excluding hydrogens is 400 g/mol. The maximum absolute atomic E-state index is 12.4.